The molecule has 0 amide bonds. The van der Waals surface area contributed by atoms with E-state index in [1.54, 1.807) is 6.07 Å². The van der Waals surface area contributed by atoms with Crippen LogP contribution in [0, 0.1) is 5.92 Å². The van der Waals surface area contributed by atoms with Crippen LogP contribution in [-0.4, -0.2) is 6.54 Å². The van der Waals surface area contributed by atoms with Gasteiger partial charge in [0, 0.05) is 0 Å². The van der Waals surface area contributed by atoms with Crippen LogP contribution in [0.15, 0.2) is 24.3 Å². The minimum atomic E-state index is -4.28. The first kappa shape index (κ1) is 14.0. The number of hydrogen-bond donors (Lipinski definition) is 1. The van der Waals surface area contributed by atoms with Gasteiger partial charge in [0.1, 0.15) is 0 Å². The zero-order valence-electron chi connectivity index (χ0n) is 10.1. The number of benzene rings is 1. The van der Waals surface area contributed by atoms with Gasteiger partial charge in [-0.15, -0.1) is 0 Å². The van der Waals surface area contributed by atoms with Crippen molar-refractivity contribution in [1.29, 1.82) is 0 Å². The SMILES string of the molecule is CC(C)CC(CN)c1cccc(C(F)(F)F)c1. The van der Waals surface area contributed by atoms with E-state index >= 15 is 0 Å². The molecule has 0 spiro atoms. The van der Waals surface area contributed by atoms with Crippen molar-refractivity contribution >= 4 is 0 Å². The molecule has 96 valence electrons. The molecule has 2 N–H and O–H groups in total. The zero-order valence-corrected chi connectivity index (χ0v) is 10.1. The highest BCUT2D eigenvalue weighted by atomic mass is 19.4. The summed E-state index contributed by atoms with van der Waals surface area (Å²) in [5, 5.41) is 0. The van der Waals surface area contributed by atoms with E-state index in [2.05, 4.69) is 0 Å². The number of rotatable bonds is 4. The molecule has 1 unspecified atom stereocenters. The standard InChI is InChI=1S/C13H18F3N/c1-9(2)6-11(8-17)10-4-3-5-12(7-10)13(14,15)16/h3-5,7,9,11H,6,8,17H2,1-2H3. The first-order chi connectivity index (χ1) is 7.84. The van der Waals surface area contributed by atoms with Crippen molar-refractivity contribution < 1.29 is 13.2 Å². The Morgan fingerprint density at radius 2 is 1.88 bits per heavy atom. The van der Waals surface area contributed by atoms with E-state index in [-0.39, 0.29) is 5.92 Å². The Morgan fingerprint density at radius 1 is 1.24 bits per heavy atom. The Balaban J connectivity index is 2.97. The molecule has 0 aliphatic carbocycles. The Morgan fingerprint density at radius 3 is 2.35 bits per heavy atom. The smallest absolute Gasteiger partial charge is 0.330 e. The average molecular weight is 245 g/mol. The van der Waals surface area contributed by atoms with E-state index in [4.69, 9.17) is 5.73 Å². The minimum Gasteiger partial charge on any atom is -0.330 e. The lowest BCUT2D eigenvalue weighted by molar-refractivity contribution is -0.137. The van der Waals surface area contributed by atoms with Gasteiger partial charge in [-0.05, 0) is 36.4 Å². The van der Waals surface area contributed by atoms with Crippen LogP contribution in [0.2, 0.25) is 0 Å². The minimum absolute atomic E-state index is 0.00250. The van der Waals surface area contributed by atoms with Gasteiger partial charge >= 0.3 is 6.18 Å². The molecule has 4 heteroatoms. The second-order valence-corrected chi connectivity index (χ2v) is 4.69. The third kappa shape index (κ3) is 4.04. The summed E-state index contributed by atoms with van der Waals surface area (Å²) in [4.78, 5) is 0. The lowest BCUT2D eigenvalue weighted by Crippen LogP contribution is -2.15. The number of hydrogen-bond acceptors (Lipinski definition) is 1. The zero-order chi connectivity index (χ0) is 13.1. The molecule has 0 bridgehead atoms. The Kier molecular flexibility index (Phi) is 4.57. The molecule has 0 fully saturated rings. The molecule has 0 saturated carbocycles. The average Bonchev–Trinajstić information content (AvgIpc) is 2.24. The van der Waals surface area contributed by atoms with Crippen LogP contribution in [0.25, 0.3) is 0 Å². The van der Waals surface area contributed by atoms with Gasteiger partial charge in [-0.25, -0.2) is 0 Å². The molecular weight excluding hydrogens is 227 g/mol. The lowest BCUT2D eigenvalue weighted by Gasteiger charge is -2.18. The van der Waals surface area contributed by atoms with Gasteiger partial charge in [0.15, 0.2) is 0 Å². The molecule has 0 aliphatic heterocycles. The summed E-state index contributed by atoms with van der Waals surface area (Å²) in [5.41, 5.74) is 5.71. The van der Waals surface area contributed by atoms with Gasteiger partial charge in [0.25, 0.3) is 0 Å². The van der Waals surface area contributed by atoms with E-state index in [1.807, 2.05) is 13.8 Å². The summed E-state index contributed by atoms with van der Waals surface area (Å²) in [6.45, 7) is 4.45. The third-order valence-electron chi connectivity index (χ3n) is 2.73. The van der Waals surface area contributed by atoms with Gasteiger partial charge < -0.3 is 5.73 Å². The molecule has 1 atom stereocenters. The van der Waals surface area contributed by atoms with Gasteiger partial charge in [0.05, 0.1) is 5.56 Å². The first-order valence-electron chi connectivity index (χ1n) is 5.71. The summed E-state index contributed by atoms with van der Waals surface area (Å²) in [5.74, 6) is 0.412. The van der Waals surface area contributed by atoms with Crippen molar-refractivity contribution in [2.45, 2.75) is 32.4 Å². The topological polar surface area (TPSA) is 26.0 Å². The van der Waals surface area contributed by atoms with Crippen molar-refractivity contribution in [3.05, 3.63) is 35.4 Å². The van der Waals surface area contributed by atoms with Crippen LogP contribution >= 0.6 is 0 Å². The maximum absolute atomic E-state index is 12.6. The first-order valence-corrected chi connectivity index (χ1v) is 5.71. The lowest BCUT2D eigenvalue weighted by atomic mass is 9.89. The fourth-order valence-electron chi connectivity index (χ4n) is 1.91. The monoisotopic (exact) mass is 245 g/mol. The highest BCUT2D eigenvalue weighted by molar-refractivity contribution is 5.28. The molecule has 1 rings (SSSR count). The fourth-order valence-corrected chi connectivity index (χ4v) is 1.91. The van der Waals surface area contributed by atoms with E-state index in [0.717, 1.165) is 12.5 Å². The molecule has 0 radical (unpaired) electrons. The van der Waals surface area contributed by atoms with Gasteiger partial charge in [-0.2, -0.15) is 13.2 Å². The van der Waals surface area contributed by atoms with Gasteiger partial charge in [-0.1, -0.05) is 32.0 Å². The van der Waals surface area contributed by atoms with Crippen molar-refractivity contribution in [1.82, 2.24) is 0 Å². The van der Waals surface area contributed by atoms with E-state index < -0.39 is 11.7 Å². The van der Waals surface area contributed by atoms with Crippen LogP contribution in [0.5, 0.6) is 0 Å². The normalized spacial score (nSPS) is 14.1. The van der Waals surface area contributed by atoms with E-state index in [1.165, 1.54) is 12.1 Å². The molecular formula is C13H18F3N. The molecule has 0 aromatic heterocycles. The quantitative estimate of drug-likeness (QED) is 0.858. The van der Waals surface area contributed by atoms with Crippen LogP contribution in [0.4, 0.5) is 13.2 Å². The summed E-state index contributed by atoms with van der Waals surface area (Å²) < 4.78 is 37.7. The Hall–Kier alpha value is -1.03. The molecule has 17 heavy (non-hydrogen) atoms. The van der Waals surface area contributed by atoms with E-state index in [9.17, 15) is 13.2 Å². The highest BCUT2D eigenvalue weighted by Crippen LogP contribution is 2.32. The molecule has 1 aromatic rings. The molecule has 1 aromatic carbocycles. The van der Waals surface area contributed by atoms with Crippen LogP contribution in [-0.2, 0) is 6.18 Å². The van der Waals surface area contributed by atoms with Crippen molar-refractivity contribution in [3.8, 4) is 0 Å². The Bertz CT molecular complexity index is 358. The maximum atomic E-state index is 12.6. The second kappa shape index (κ2) is 5.54. The molecule has 1 nitrogen and oxygen atoms in total. The van der Waals surface area contributed by atoms with Crippen molar-refractivity contribution in [2.75, 3.05) is 6.54 Å². The highest BCUT2D eigenvalue weighted by Gasteiger charge is 2.30. The van der Waals surface area contributed by atoms with E-state index in [0.29, 0.717) is 18.0 Å². The Labute approximate surface area is 99.8 Å². The van der Waals surface area contributed by atoms with Crippen molar-refractivity contribution in [3.63, 3.8) is 0 Å². The van der Waals surface area contributed by atoms with Gasteiger partial charge in [0.2, 0.25) is 0 Å². The summed E-state index contributed by atoms with van der Waals surface area (Å²) in [6.07, 6.45) is -3.48. The second-order valence-electron chi connectivity index (χ2n) is 4.69. The summed E-state index contributed by atoms with van der Waals surface area (Å²) in [6, 6.07) is 5.46. The van der Waals surface area contributed by atoms with Crippen LogP contribution in [0.3, 0.4) is 0 Å². The predicted octanol–water partition coefficient (Wildman–Crippen LogP) is 3.79. The summed E-state index contributed by atoms with van der Waals surface area (Å²) >= 11 is 0. The molecule has 0 heterocycles. The third-order valence-corrected chi connectivity index (χ3v) is 2.73. The van der Waals surface area contributed by atoms with Crippen molar-refractivity contribution in [2.24, 2.45) is 11.7 Å². The number of alkyl halides is 3. The summed E-state index contributed by atoms with van der Waals surface area (Å²) in [7, 11) is 0. The molecule has 0 saturated heterocycles. The molecule has 0 aliphatic rings. The number of halogens is 3. The van der Waals surface area contributed by atoms with Crippen LogP contribution < -0.4 is 5.73 Å². The largest absolute Gasteiger partial charge is 0.416 e. The van der Waals surface area contributed by atoms with Crippen LogP contribution in [0.1, 0.15) is 37.3 Å². The predicted molar refractivity (Wildman–Crippen MR) is 62.7 cm³/mol. The maximum Gasteiger partial charge on any atom is 0.416 e. The number of nitrogens with two attached hydrogens (primary N) is 1. The fraction of sp³-hybridized carbons (Fsp3) is 0.538. The van der Waals surface area contributed by atoms with Gasteiger partial charge in [-0.3, -0.25) is 0 Å².